The summed E-state index contributed by atoms with van der Waals surface area (Å²) in [5.74, 6) is -0.422. The summed E-state index contributed by atoms with van der Waals surface area (Å²) >= 11 is 0. The Labute approximate surface area is 102 Å². The van der Waals surface area contributed by atoms with Gasteiger partial charge in [-0.05, 0) is 12.3 Å². The van der Waals surface area contributed by atoms with E-state index >= 15 is 0 Å². The molecule has 0 fully saturated rings. The third kappa shape index (κ3) is 3.05. The number of hydrogen-bond donors (Lipinski definition) is 1. The number of carbonyl (C=O) groups excluding carboxylic acids is 2. The van der Waals surface area contributed by atoms with E-state index in [-0.39, 0.29) is 35.2 Å². The number of aliphatic hydroxyl groups excluding tert-OH is 1. The second-order valence-corrected chi connectivity index (χ2v) is 5.21. The molecular weight excluding hydrogens is 216 g/mol. The molecule has 0 spiro atoms. The van der Waals surface area contributed by atoms with Gasteiger partial charge in [0.05, 0.1) is 0 Å². The lowest BCUT2D eigenvalue weighted by Crippen LogP contribution is -2.16. The summed E-state index contributed by atoms with van der Waals surface area (Å²) in [5.41, 5.74) is 0.551. The Kier molecular flexibility index (Phi) is 4.27. The van der Waals surface area contributed by atoms with Gasteiger partial charge in [0.2, 0.25) is 0 Å². The number of aliphatic hydroxyl groups is 1. The van der Waals surface area contributed by atoms with Crippen molar-refractivity contribution >= 4 is 11.6 Å². The summed E-state index contributed by atoms with van der Waals surface area (Å²) in [6.07, 6.45) is 2.83. The van der Waals surface area contributed by atoms with Crippen LogP contribution >= 0.6 is 0 Å². The summed E-state index contributed by atoms with van der Waals surface area (Å²) in [7, 11) is 0. The first-order valence-corrected chi connectivity index (χ1v) is 6.04. The molecule has 0 heterocycles. The van der Waals surface area contributed by atoms with Crippen LogP contribution < -0.4 is 0 Å². The Balaban J connectivity index is 2.90. The summed E-state index contributed by atoms with van der Waals surface area (Å²) < 4.78 is 0. The molecule has 0 unspecified atom stereocenters. The third-order valence-corrected chi connectivity index (χ3v) is 2.77. The summed E-state index contributed by atoms with van der Waals surface area (Å²) in [5, 5.41) is 9.71. The monoisotopic (exact) mass is 236 g/mol. The Morgan fingerprint density at radius 3 is 2.41 bits per heavy atom. The van der Waals surface area contributed by atoms with Crippen LogP contribution in [0.4, 0.5) is 0 Å². The maximum Gasteiger partial charge on any atom is 0.196 e. The first-order chi connectivity index (χ1) is 7.84. The van der Waals surface area contributed by atoms with Crippen molar-refractivity contribution in [2.75, 3.05) is 0 Å². The molecule has 0 amide bonds. The zero-order chi connectivity index (χ0) is 13.2. The van der Waals surface area contributed by atoms with E-state index in [1.807, 2.05) is 6.08 Å². The van der Waals surface area contributed by atoms with E-state index in [9.17, 15) is 14.7 Å². The van der Waals surface area contributed by atoms with Gasteiger partial charge in [0, 0.05) is 17.9 Å². The minimum atomic E-state index is -0.290. The van der Waals surface area contributed by atoms with Gasteiger partial charge in [0.15, 0.2) is 11.6 Å². The number of carbonyl (C=O) groups is 2. The molecule has 3 nitrogen and oxygen atoms in total. The molecule has 0 aromatic carbocycles. The van der Waals surface area contributed by atoms with Crippen molar-refractivity contribution in [3.8, 4) is 0 Å². The van der Waals surface area contributed by atoms with Gasteiger partial charge in [0.1, 0.15) is 11.3 Å². The molecule has 1 N–H and O–H groups in total. The number of Topliss-reactive ketones (excluding diaryl/α,β-unsaturated/α-hetero) is 2. The molecule has 0 aromatic rings. The second-order valence-electron chi connectivity index (χ2n) is 5.21. The maximum absolute atomic E-state index is 12.0. The Morgan fingerprint density at radius 1 is 1.35 bits per heavy atom. The molecule has 0 aromatic heterocycles. The number of ketones is 2. The average Bonchev–Trinajstić information content (AvgIpc) is 2.50. The van der Waals surface area contributed by atoms with Crippen molar-refractivity contribution in [3.05, 3.63) is 23.0 Å². The molecule has 1 rings (SSSR count). The fourth-order valence-corrected chi connectivity index (χ4v) is 1.73. The van der Waals surface area contributed by atoms with Crippen molar-refractivity contribution in [3.63, 3.8) is 0 Å². The van der Waals surface area contributed by atoms with Crippen LogP contribution in [-0.2, 0) is 9.59 Å². The topological polar surface area (TPSA) is 54.4 Å². The molecule has 1 aliphatic carbocycles. The number of rotatable bonds is 4. The van der Waals surface area contributed by atoms with E-state index in [2.05, 4.69) is 13.8 Å². The average molecular weight is 236 g/mol. The predicted molar refractivity (Wildman–Crippen MR) is 66.7 cm³/mol. The van der Waals surface area contributed by atoms with Crippen LogP contribution in [0, 0.1) is 11.8 Å². The lowest BCUT2D eigenvalue weighted by molar-refractivity contribution is -0.121. The molecule has 3 heteroatoms. The molecule has 0 radical (unpaired) electrons. The molecule has 0 saturated heterocycles. The summed E-state index contributed by atoms with van der Waals surface area (Å²) in [6.45, 7) is 7.57. The van der Waals surface area contributed by atoms with Crippen LogP contribution in [-0.4, -0.2) is 16.7 Å². The van der Waals surface area contributed by atoms with Gasteiger partial charge in [-0.1, -0.05) is 33.8 Å². The second kappa shape index (κ2) is 5.30. The fourth-order valence-electron chi connectivity index (χ4n) is 1.73. The van der Waals surface area contributed by atoms with Gasteiger partial charge in [-0.25, -0.2) is 0 Å². The SMILES string of the molecule is CC(C)C/C=C1\CC(O)=C(C(=O)C(C)C)C1=O. The van der Waals surface area contributed by atoms with Crippen LogP contribution in [0.2, 0.25) is 0 Å². The highest BCUT2D eigenvalue weighted by Crippen LogP contribution is 2.29. The van der Waals surface area contributed by atoms with Crippen LogP contribution in [0.5, 0.6) is 0 Å². The van der Waals surface area contributed by atoms with Gasteiger partial charge in [0.25, 0.3) is 0 Å². The summed E-state index contributed by atoms with van der Waals surface area (Å²) in [6, 6.07) is 0. The van der Waals surface area contributed by atoms with E-state index in [1.54, 1.807) is 13.8 Å². The molecule has 17 heavy (non-hydrogen) atoms. The first kappa shape index (κ1) is 13.7. The van der Waals surface area contributed by atoms with Gasteiger partial charge in [-0.2, -0.15) is 0 Å². The van der Waals surface area contributed by atoms with Crippen LogP contribution in [0.25, 0.3) is 0 Å². The van der Waals surface area contributed by atoms with Crippen molar-refractivity contribution in [1.82, 2.24) is 0 Å². The van der Waals surface area contributed by atoms with Crippen LogP contribution in [0.3, 0.4) is 0 Å². The maximum atomic E-state index is 12.0. The Bertz CT molecular complexity index is 398. The van der Waals surface area contributed by atoms with E-state index < -0.39 is 0 Å². The van der Waals surface area contributed by atoms with E-state index in [1.165, 1.54) is 0 Å². The van der Waals surface area contributed by atoms with Crippen LogP contribution in [0.1, 0.15) is 40.5 Å². The molecule has 0 atom stereocenters. The quantitative estimate of drug-likeness (QED) is 0.603. The van der Waals surface area contributed by atoms with Gasteiger partial charge in [-0.3, -0.25) is 9.59 Å². The highest BCUT2D eigenvalue weighted by molar-refractivity contribution is 6.28. The Morgan fingerprint density at radius 2 is 1.94 bits per heavy atom. The minimum absolute atomic E-state index is 0.00462. The first-order valence-electron chi connectivity index (χ1n) is 6.04. The minimum Gasteiger partial charge on any atom is -0.511 e. The summed E-state index contributed by atoms with van der Waals surface area (Å²) in [4.78, 5) is 23.8. The van der Waals surface area contributed by atoms with Gasteiger partial charge >= 0.3 is 0 Å². The standard InChI is InChI=1S/C14H20O3/c1-8(2)5-6-10-7-11(15)12(14(10)17)13(16)9(3)4/h6,8-9,15H,5,7H2,1-4H3/b10-6+. The molecule has 94 valence electrons. The number of allylic oxidation sites excluding steroid dienone is 3. The lowest BCUT2D eigenvalue weighted by atomic mass is 9.98. The molecular formula is C14H20O3. The van der Waals surface area contributed by atoms with E-state index in [0.717, 1.165) is 6.42 Å². The molecule has 1 aliphatic rings. The molecule has 0 aliphatic heterocycles. The molecule has 0 bridgehead atoms. The molecule has 0 saturated carbocycles. The van der Waals surface area contributed by atoms with Crippen molar-refractivity contribution in [1.29, 1.82) is 0 Å². The lowest BCUT2D eigenvalue weighted by Gasteiger charge is -2.04. The Hall–Kier alpha value is -1.38. The smallest absolute Gasteiger partial charge is 0.196 e. The van der Waals surface area contributed by atoms with E-state index in [0.29, 0.717) is 11.5 Å². The third-order valence-electron chi connectivity index (χ3n) is 2.77. The normalized spacial score (nSPS) is 18.9. The van der Waals surface area contributed by atoms with Gasteiger partial charge < -0.3 is 5.11 Å². The highest BCUT2D eigenvalue weighted by Gasteiger charge is 2.33. The van der Waals surface area contributed by atoms with Crippen molar-refractivity contribution in [2.45, 2.75) is 40.5 Å². The van der Waals surface area contributed by atoms with Crippen molar-refractivity contribution < 1.29 is 14.7 Å². The predicted octanol–water partition coefficient (Wildman–Crippen LogP) is 2.97. The zero-order valence-electron chi connectivity index (χ0n) is 10.9. The largest absolute Gasteiger partial charge is 0.511 e. The van der Waals surface area contributed by atoms with E-state index in [4.69, 9.17) is 0 Å². The van der Waals surface area contributed by atoms with Gasteiger partial charge in [-0.15, -0.1) is 0 Å². The number of hydrogen-bond acceptors (Lipinski definition) is 3. The fraction of sp³-hybridized carbons (Fsp3) is 0.571. The highest BCUT2D eigenvalue weighted by atomic mass is 16.3. The van der Waals surface area contributed by atoms with Crippen molar-refractivity contribution in [2.24, 2.45) is 11.8 Å². The van der Waals surface area contributed by atoms with Crippen LogP contribution in [0.15, 0.2) is 23.0 Å². The zero-order valence-corrected chi connectivity index (χ0v) is 10.9.